The van der Waals surface area contributed by atoms with E-state index in [1.54, 1.807) is 0 Å². The highest BCUT2D eigenvalue weighted by atomic mass is 35.5. The fourth-order valence-corrected chi connectivity index (χ4v) is 3.51. The van der Waals surface area contributed by atoms with Crippen molar-refractivity contribution in [1.29, 1.82) is 0 Å². The summed E-state index contributed by atoms with van der Waals surface area (Å²) in [5.74, 6) is 0.658. The zero-order chi connectivity index (χ0) is 16.1. The molecule has 1 aliphatic heterocycles. The van der Waals surface area contributed by atoms with Crippen LogP contribution in [0.4, 0.5) is 0 Å². The number of benzene rings is 1. The van der Waals surface area contributed by atoms with E-state index in [0.717, 1.165) is 31.6 Å². The lowest BCUT2D eigenvalue weighted by atomic mass is 10.0. The van der Waals surface area contributed by atoms with Gasteiger partial charge in [0.15, 0.2) is 0 Å². The zero-order valence-corrected chi connectivity index (χ0v) is 16.5. The van der Waals surface area contributed by atoms with E-state index in [-0.39, 0.29) is 42.8 Å². The third-order valence-corrected chi connectivity index (χ3v) is 4.80. The third kappa shape index (κ3) is 5.09. The van der Waals surface area contributed by atoms with Crippen LogP contribution in [0.1, 0.15) is 38.8 Å². The van der Waals surface area contributed by atoms with Crippen LogP contribution in [0.15, 0.2) is 30.3 Å². The van der Waals surface area contributed by atoms with Crippen LogP contribution in [0.2, 0.25) is 0 Å². The van der Waals surface area contributed by atoms with E-state index in [1.165, 1.54) is 0 Å². The summed E-state index contributed by atoms with van der Waals surface area (Å²) in [5, 5.41) is 0. The molecule has 1 aromatic carbocycles. The number of nitrogens with two attached hydrogens (primary N) is 1. The number of likely N-dealkylation sites (tertiary alicyclic amines) is 1. The van der Waals surface area contributed by atoms with Crippen LogP contribution in [-0.4, -0.2) is 47.9 Å². The molecule has 0 saturated carbocycles. The van der Waals surface area contributed by atoms with E-state index in [1.807, 2.05) is 23.1 Å². The molecule has 1 amide bonds. The normalized spacial score (nSPS) is 21.1. The van der Waals surface area contributed by atoms with Gasteiger partial charge in [0.1, 0.15) is 6.04 Å². The van der Waals surface area contributed by atoms with E-state index in [9.17, 15) is 4.79 Å². The monoisotopic (exact) mass is 375 g/mol. The number of halogens is 2. The summed E-state index contributed by atoms with van der Waals surface area (Å²) >= 11 is 0. The molecule has 2 N–H and O–H groups in total. The van der Waals surface area contributed by atoms with Crippen LogP contribution in [0, 0.1) is 5.92 Å². The van der Waals surface area contributed by atoms with Crippen molar-refractivity contribution in [1.82, 2.24) is 9.80 Å². The lowest BCUT2D eigenvalue weighted by Crippen LogP contribution is -2.44. The van der Waals surface area contributed by atoms with E-state index in [0.29, 0.717) is 12.5 Å². The summed E-state index contributed by atoms with van der Waals surface area (Å²) < 4.78 is 0. The van der Waals surface area contributed by atoms with Gasteiger partial charge in [-0.15, -0.1) is 24.8 Å². The number of carbonyl (C=O) groups excluding carboxylic acids is 1. The van der Waals surface area contributed by atoms with Gasteiger partial charge < -0.3 is 10.6 Å². The minimum atomic E-state index is -0.185. The molecular weight excluding hydrogens is 345 g/mol. The largest absolute Gasteiger partial charge is 0.338 e. The molecule has 0 spiro atoms. The Bertz CT molecular complexity index is 482. The molecular formula is C18H31Cl2N3O. The van der Waals surface area contributed by atoms with Gasteiger partial charge in [-0.2, -0.15) is 0 Å². The molecule has 138 valence electrons. The van der Waals surface area contributed by atoms with E-state index in [4.69, 9.17) is 5.73 Å². The predicted octanol–water partition coefficient (Wildman–Crippen LogP) is 3.11. The van der Waals surface area contributed by atoms with Crippen molar-refractivity contribution in [3.63, 3.8) is 0 Å². The highest BCUT2D eigenvalue weighted by Crippen LogP contribution is 2.29. The highest BCUT2D eigenvalue weighted by Gasteiger charge is 2.37. The van der Waals surface area contributed by atoms with Crippen molar-refractivity contribution in [2.75, 3.05) is 26.2 Å². The second kappa shape index (κ2) is 10.9. The Morgan fingerprint density at radius 3 is 2.29 bits per heavy atom. The van der Waals surface area contributed by atoms with Gasteiger partial charge in [0.2, 0.25) is 5.91 Å². The molecule has 4 nitrogen and oxygen atoms in total. The molecule has 1 heterocycles. The molecule has 3 unspecified atom stereocenters. The topological polar surface area (TPSA) is 49.6 Å². The fourth-order valence-electron chi connectivity index (χ4n) is 3.51. The maximum atomic E-state index is 13.2. The van der Waals surface area contributed by atoms with Crippen molar-refractivity contribution in [3.8, 4) is 0 Å². The van der Waals surface area contributed by atoms with Gasteiger partial charge in [0, 0.05) is 12.6 Å². The van der Waals surface area contributed by atoms with Crippen molar-refractivity contribution in [2.24, 2.45) is 11.7 Å². The average Bonchev–Trinajstić information content (AvgIpc) is 2.93. The number of carbonyl (C=O) groups is 1. The van der Waals surface area contributed by atoms with E-state index < -0.39 is 0 Å². The minimum absolute atomic E-state index is 0. The fraction of sp³-hybridized carbons (Fsp3) is 0.611. The number of likely N-dealkylation sites (N-methyl/N-ethyl adjacent to an activating group) is 1. The lowest BCUT2D eigenvalue weighted by Gasteiger charge is -2.34. The predicted molar refractivity (Wildman–Crippen MR) is 105 cm³/mol. The standard InChI is InChI=1S/C18H29N3O.2ClH/c1-4-20(5-2)17(16-9-7-6-8-10-16)18(22)21-13-15(12-19)11-14(21)3;;/h6-10,14-15,17H,4-5,11-13,19H2,1-3H3;2*1H. The maximum absolute atomic E-state index is 13.2. The van der Waals surface area contributed by atoms with Gasteiger partial charge in [-0.3, -0.25) is 9.69 Å². The van der Waals surface area contributed by atoms with Crippen LogP contribution >= 0.6 is 24.8 Å². The van der Waals surface area contributed by atoms with Gasteiger partial charge in [0.05, 0.1) is 0 Å². The highest BCUT2D eigenvalue weighted by molar-refractivity contribution is 5.85. The number of nitrogens with zero attached hydrogens (tertiary/aromatic N) is 2. The Balaban J connectivity index is 0.00000264. The molecule has 0 aromatic heterocycles. The first kappa shape index (κ1) is 23.2. The quantitative estimate of drug-likeness (QED) is 0.830. The molecule has 0 aliphatic carbocycles. The molecule has 1 aromatic rings. The van der Waals surface area contributed by atoms with Crippen molar-refractivity contribution < 1.29 is 4.79 Å². The van der Waals surface area contributed by atoms with E-state index >= 15 is 0 Å². The van der Waals surface area contributed by atoms with E-state index in [2.05, 4.69) is 37.8 Å². The van der Waals surface area contributed by atoms with Crippen molar-refractivity contribution in [2.45, 2.75) is 39.3 Å². The Morgan fingerprint density at radius 1 is 1.25 bits per heavy atom. The smallest absolute Gasteiger partial charge is 0.244 e. The molecule has 2 rings (SSSR count). The molecule has 3 atom stereocenters. The van der Waals surface area contributed by atoms with Gasteiger partial charge >= 0.3 is 0 Å². The SMILES string of the molecule is CCN(CC)C(C(=O)N1CC(CN)CC1C)c1ccccc1.Cl.Cl. The Morgan fingerprint density at radius 2 is 1.83 bits per heavy atom. The molecule has 1 saturated heterocycles. The van der Waals surface area contributed by atoms with Crippen molar-refractivity contribution >= 4 is 30.7 Å². The molecule has 0 bridgehead atoms. The lowest BCUT2D eigenvalue weighted by molar-refractivity contribution is -0.138. The Labute approximate surface area is 158 Å². The maximum Gasteiger partial charge on any atom is 0.244 e. The van der Waals surface area contributed by atoms with Gasteiger partial charge in [-0.1, -0.05) is 44.2 Å². The summed E-state index contributed by atoms with van der Waals surface area (Å²) in [5.41, 5.74) is 6.89. The summed E-state index contributed by atoms with van der Waals surface area (Å²) in [6.45, 7) is 9.55. The summed E-state index contributed by atoms with van der Waals surface area (Å²) in [4.78, 5) is 17.5. The molecule has 24 heavy (non-hydrogen) atoms. The molecule has 1 fully saturated rings. The first-order chi connectivity index (χ1) is 10.6. The first-order valence-corrected chi connectivity index (χ1v) is 8.41. The van der Waals surface area contributed by atoms with Crippen LogP contribution in [0.3, 0.4) is 0 Å². The second-order valence-electron chi connectivity index (χ2n) is 6.21. The summed E-state index contributed by atoms with van der Waals surface area (Å²) in [6.07, 6.45) is 1.02. The molecule has 1 aliphatic rings. The number of rotatable bonds is 6. The van der Waals surface area contributed by atoms with Gasteiger partial charge in [-0.25, -0.2) is 0 Å². The van der Waals surface area contributed by atoms with Crippen LogP contribution in [0.5, 0.6) is 0 Å². The summed E-state index contributed by atoms with van der Waals surface area (Å²) in [6, 6.07) is 10.2. The number of hydrogen-bond acceptors (Lipinski definition) is 3. The van der Waals surface area contributed by atoms with Crippen LogP contribution in [0.25, 0.3) is 0 Å². The molecule has 0 radical (unpaired) electrons. The van der Waals surface area contributed by atoms with Crippen molar-refractivity contribution in [3.05, 3.63) is 35.9 Å². The third-order valence-electron chi connectivity index (χ3n) is 4.80. The minimum Gasteiger partial charge on any atom is -0.338 e. The number of hydrogen-bond donors (Lipinski definition) is 1. The molecule has 6 heteroatoms. The zero-order valence-electron chi connectivity index (χ0n) is 14.9. The van der Waals surface area contributed by atoms with Crippen LogP contribution < -0.4 is 5.73 Å². The summed E-state index contributed by atoms with van der Waals surface area (Å²) in [7, 11) is 0. The van der Waals surface area contributed by atoms with Gasteiger partial charge in [0.25, 0.3) is 0 Å². The number of amides is 1. The van der Waals surface area contributed by atoms with Crippen LogP contribution in [-0.2, 0) is 4.79 Å². The Kier molecular flexibility index (Phi) is 10.6. The Hall–Kier alpha value is -0.810. The first-order valence-electron chi connectivity index (χ1n) is 8.41. The average molecular weight is 376 g/mol. The second-order valence-corrected chi connectivity index (χ2v) is 6.21. The van der Waals surface area contributed by atoms with Gasteiger partial charge in [-0.05, 0) is 44.5 Å².